The minimum atomic E-state index is -0.879. The Balaban J connectivity index is 1.46. The van der Waals surface area contributed by atoms with Crippen molar-refractivity contribution in [2.24, 2.45) is 5.10 Å². The number of hydrogen-bond donors (Lipinski definition) is 3. The van der Waals surface area contributed by atoms with Crippen molar-refractivity contribution in [1.82, 2.24) is 10.7 Å². The van der Waals surface area contributed by atoms with Gasteiger partial charge in [0, 0.05) is 24.4 Å². The second-order valence-electron chi connectivity index (χ2n) is 7.47. The second-order valence-corrected chi connectivity index (χ2v) is 7.47. The van der Waals surface area contributed by atoms with Gasteiger partial charge in [-0.3, -0.25) is 14.4 Å². The van der Waals surface area contributed by atoms with E-state index < -0.39 is 11.8 Å². The molecule has 1 atom stereocenters. The van der Waals surface area contributed by atoms with E-state index in [-0.39, 0.29) is 25.2 Å². The van der Waals surface area contributed by atoms with Crippen LogP contribution in [0.4, 0.5) is 5.69 Å². The van der Waals surface area contributed by atoms with Crippen molar-refractivity contribution in [3.05, 3.63) is 59.7 Å². The van der Waals surface area contributed by atoms with E-state index in [0.29, 0.717) is 23.6 Å². The Bertz CT molecular complexity index is 985. The van der Waals surface area contributed by atoms with E-state index in [9.17, 15) is 14.4 Å². The van der Waals surface area contributed by atoms with Crippen LogP contribution in [0.5, 0.6) is 5.75 Å². The summed E-state index contributed by atoms with van der Waals surface area (Å²) in [6.45, 7) is 2.83. The Hall–Kier alpha value is -3.72. The number of carbonyl (C=O) groups is 3. The average molecular weight is 453 g/mol. The summed E-state index contributed by atoms with van der Waals surface area (Å²) in [5.41, 5.74) is 4.60. The van der Waals surface area contributed by atoms with E-state index in [4.69, 9.17) is 9.47 Å². The van der Waals surface area contributed by atoms with E-state index in [1.165, 1.54) is 11.8 Å². The first-order valence-electron chi connectivity index (χ1n) is 10.9. The van der Waals surface area contributed by atoms with Gasteiger partial charge in [-0.25, -0.2) is 5.43 Å². The molecule has 9 nitrogen and oxygen atoms in total. The number of amides is 3. The number of rotatable bonds is 9. The van der Waals surface area contributed by atoms with Gasteiger partial charge in [-0.1, -0.05) is 31.2 Å². The molecule has 1 aliphatic heterocycles. The molecule has 9 heteroatoms. The van der Waals surface area contributed by atoms with Gasteiger partial charge in [0.15, 0.2) is 6.61 Å². The first-order valence-corrected chi connectivity index (χ1v) is 10.9. The van der Waals surface area contributed by atoms with Crippen LogP contribution in [0.2, 0.25) is 0 Å². The Morgan fingerprint density at radius 2 is 1.91 bits per heavy atom. The van der Waals surface area contributed by atoms with Crippen molar-refractivity contribution in [3.8, 4) is 5.75 Å². The molecule has 1 fully saturated rings. The molecule has 0 bridgehead atoms. The highest BCUT2D eigenvalue weighted by Gasteiger charge is 2.19. The average Bonchev–Trinajstić information content (AvgIpc) is 3.36. The molecule has 3 rings (SSSR count). The Morgan fingerprint density at radius 3 is 2.64 bits per heavy atom. The molecule has 1 aliphatic rings. The molecule has 33 heavy (non-hydrogen) atoms. The van der Waals surface area contributed by atoms with E-state index in [2.05, 4.69) is 28.1 Å². The van der Waals surface area contributed by atoms with E-state index in [1.54, 1.807) is 24.3 Å². The number of para-hydroxylation sites is 1. The number of anilines is 1. The van der Waals surface area contributed by atoms with Gasteiger partial charge in [0.1, 0.15) is 5.75 Å². The maximum atomic E-state index is 12.2. The van der Waals surface area contributed by atoms with Crippen LogP contribution in [0.1, 0.15) is 30.9 Å². The Morgan fingerprint density at radius 1 is 1.12 bits per heavy atom. The van der Waals surface area contributed by atoms with Gasteiger partial charge in [0.05, 0.1) is 12.3 Å². The summed E-state index contributed by atoms with van der Waals surface area (Å²) in [4.78, 5) is 35.9. The normalized spacial score (nSPS) is 15.2. The smallest absolute Gasteiger partial charge is 0.329 e. The van der Waals surface area contributed by atoms with E-state index >= 15 is 0 Å². The topological polar surface area (TPSA) is 118 Å². The molecule has 0 unspecified atom stereocenters. The Kier molecular flexibility index (Phi) is 8.96. The molecule has 1 heterocycles. The zero-order valence-electron chi connectivity index (χ0n) is 18.5. The van der Waals surface area contributed by atoms with Crippen LogP contribution in [0, 0.1) is 0 Å². The van der Waals surface area contributed by atoms with E-state index in [1.807, 2.05) is 24.3 Å². The van der Waals surface area contributed by atoms with Gasteiger partial charge in [-0.2, -0.15) is 5.10 Å². The second kappa shape index (κ2) is 12.4. The molecule has 174 valence electrons. The van der Waals surface area contributed by atoms with Crippen molar-refractivity contribution in [1.29, 1.82) is 0 Å². The lowest BCUT2D eigenvalue weighted by Gasteiger charge is -2.10. The summed E-state index contributed by atoms with van der Waals surface area (Å²) in [7, 11) is 0. The molecule has 0 radical (unpaired) electrons. The van der Waals surface area contributed by atoms with Crippen molar-refractivity contribution in [2.45, 2.75) is 32.3 Å². The number of nitrogens with one attached hydrogen (secondary N) is 3. The van der Waals surface area contributed by atoms with Crippen LogP contribution in [-0.2, 0) is 25.5 Å². The molecule has 0 aliphatic carbocycles. The van der Waals surface area contributed by atoms with Gasteiger partial charge in [0.25, 0.3) is 5.91 Å². The zero-order valence-corrected chi connectivity index (χ0v) is 18.5. The van der Waals surface area contributed by atoms with Gasteiger partial charge in [-0.15, -0.1) is 0 Å². The van der Waals surface area contributed by atoms with Gasteiger partial charge < -0.3 is 20.1 Å². The number of hydrogen-bond acceptors (Lipinski definition) is 6. The number of hydrazone groups is 1. The van der Waals surface area contributed by atoms with Gasteiger partial charge in [-0.05, 0) is 49.1 Å². The fraction of sp³-hybridized carbons (Fsp3) is 0.333. The number of ether oxygens (including phenoxy) is 2. The molecule has 3 amide bonds. The molecular weight excluding hydrogens is 424 g/mol. The molecule has 3 N–H and O–H groups in total. The van der Waals surface area contributed by atoms with Crippen LogP contribution < -0.4 is 20.8 Å². The maximum Gasteiger partial charge on any atom is 0.329 e. The molecule has 1 saturated heterocycles. The largest absolute Gasteiger partial charge is 0.483 e. The summed E-state index contributed by atoms with van der Waals surface area (Å²) in [6, 6.07) is 14.5. The lowest BCUT2D eigenvalue weighted by atomic mass is 10.1. The van der Waals surface area contributed by atoms with Crippen molar-refractivity contribution < 1.29 is 23.9 Å². The van der Waals surface area contributed by atoms with Gasteiger partial charge in [0.2, 0.25) is 0 Å². The third-order valence-corrected chi connectivity index (χ3v) is 5.01. The van der Waals surface area contributed by atoms with Crippen molar-refractivity contribution in [2.75, 3.05) is 25.1 Å². The van der Waals surface area contributed by atoms with Crippen molar-refractivity contribution in [3.63, 3.8) is 0 Å². The lowest BCUT2D eigenvalue weighted by molar-refractivity contribution is -0.139. The quantitative estimate of drug-likeness (QED) is 0.306. The van der Waals surface area contributed by atoms with E-state index in [0.717, 1.165) is 19.3 Å². The van der Waals surface area contributed by atoms with Crippen LogP contribution in [0.3, 0.4) is 0 Å². The summed E-state index contributed by atoms with van der Waals surface area (Å²) in [5, 5.41) is 9.12. The summed E-state index contributed by atoms with van der Waals surface area (Å²) < 4.78 is 11.0. The predicted octanol–water partition coefficient (Wildman–Crippen LogP) is 2.01. The van der Waals surface area contributed by atoms with Gasteiger partial charge >= 0.3 is 11.8 Å². The molecule has 0 saturated carbocycles. The van der Waals surface area contributed by atoms with Crippen LogP contribution in [0.25, 0.3) is 0 Å². The van der Waals surface area contributed by atoms with Crippen LogP contribution in [-0.4, -0.2) is 49.8 Å². The summed E-state index contributed by atoms with van der Waals surface area (Å²) >= 11 is 0. The molecule has 0 aromatic heterocycles. The molecule has 0 spiro atoms. The number of carbonyl (C=O) groups excluding carboxylic acids is 3. The fourth-order valence-electron chi connectivity index (χ4n) is 3.19. The predicted molar refractivity (Wildman–Crippen MR) is 124 cm³/mol. The third-order valence-electron chi connectivity index (χ3n) is 5.01. The number of nitrogens with zero attached hydrogens (tertiary/aromatic N) is 1. The van der Waals surface area contributed by atoms with Crippen molar-refractivity contribution >= 4 is 29.6 Å². The number of aryl methyl sites for hydroxylation is 1. The highest BCUT2D eigenvalue weighted by Crippen LogP contribution is 2.16. The SMILES string of the molecule is CCc1ccc(NC(=O)COc2ccccc2/C=N\NC(=O)C(=O)NC[C@@H]2CCCO2)cc1. The summed E-state index contributed by atoms with van der Waals surface area (Å²) in [6.07, 6.45) is 4.03. The first kappa shape index (κ1) is 23.9. The number of benzene rings is 2. The summed E-state index contributed by atoms with van der Waals surface area (Å²) in [5.74, 6) is -1.55. The molecule has 2 aromatic carbocycles. The highest BCUT2D eigenvalue weighted by atomic mass is 16.5. The minimum absolute atomic E-state index is 0.0535. The monoisotopic (exact) mass is 452 g/mol. The molecule has 2 aromatic rings. The third kappa shape index (κ3) is 7.73. The van der Waals surface area contributed by atoms with Crippen LogP contribution in [0.15, 0.2) is 53.6 Å². The standard InChI is InChI=1S/C24H28N4O5/c1-2-17-9-11-19(12-10-17)27-22(29)16-33-21-8-4-3-6-18(21)14-26-28-24(31)23(30)25-15-20-7-5-13-32-20/h3-4,6,8-12,14,20H,2,5,7,13,15-16H2,1H3,(H,25,30)(H,27,29)(H,28,31)/b26-14-/t20-/m0/s1. The first-order chi connectivity index (χ1) is 16.0. The molecular formula is C24H28N4O5. The highest BCUT2D eigenvalue weighted by molar-refractivity contribution is 6.35. The lowest BCUT2D eigenvalue weighted by Crippen LogP contribution is -2.41. The zero-order chi connectivity index (χ0) is 23.5. The van der Waals surface area contributed by atoms with Crippen LogP contribution >= 0.6 is 0 Å². The Labute approximate surface area is 192 Å². The maximum absolute atomic E-state index is 12.2. The minimum Gasteiger partial charge on any atom is -0.483 e. The fourth-order valence-corrected chi connectivity index (χ4v) is 3.19.